The minimum absolute atomic E-state index is 0.217. The summed E-state index contributed by atoms with van der Waals surface area (Å²) in [4.78, 5) is 0. The Kier molecular flexibility index (Phi) is 25.3. The molecule has 2 unspecified atom stereocenters. The van der Waals surface area contributed by atoms with Crippen LogP contribution in [-0.2, 0) is 6.42 Å². The van der Waals surface area contributed by atoms with Gasteiger partial charge in [0.15, 0.2) is 0 Å². The smallest absolute Gasteiger partial charge is 0.00990 e. The monoisotopic (exact) mass is 368 g/mol. The lowest BCUT2D eigenvalue weighted by molar-refractivity contribution is 0.578. The summed E-state index contributed by atoms with van der Waals surface area (Å²) in [7, 11) is 2.98. The largest absolute Gasteiger partial charge is 0.131 e. The molecule has 0 saturated carbocycles. The normalized spacial score (nSPS) is 10.2. The third-order valence-electron chi connectivity index (χ3n) is 3.73. The molecule has 0 N–H and O–H groups in total. The van der Waals surface area contributed by atoms with Crippen LogP contribution in [0.3, 0.4) is 0 Å². The molecule has 1 aromatic rings. The van der Waals surface area contributed by atoms with Crippen LogP contribution in [0.4, 0.5) is 0 Å². The summed E-state index contributed by atoms with van der Waals surface area (Å²) >= 11 is 0. The first-order chi connectivity index (χ1) is 11.8. The standard InChI is InChI=1S/C16H25P.4C2H6/c1-7-13-10-9-11(3)15(14(13)8-2)12(4)16(5,6)17;4*1-2/h7,9-10,12H,1,8,17H2,2-6H3;4*1-2H3. The van der Waals surface area contributed by atoms with Crippen LogP contribution in [0.15, 0.2) is 18.7 Å². The van der Waals surface area contributed by atoms with Crippen molar-refractivity contribution in [3.8, 4) is 0 Å². The van der Waals surface area contributed by atoms with Crippen molar-refractivity contribution >= 4 is 15.3 Å². The summed E-state index contributed by atoms with van der Waals surface area (Å²) in [6.07, 6.45) is 3.05. The van der Waals surface area contributed by atoms with E-state index in [0.717, 1.165) is 6.42 Å². The van der Waals surface area contributed by atoms with Crippen LogP contribution in [-0.4, -0.2) is 5.16 Å². The van der Waals surface area contributed by atoms with Gasteiger partial charge in [-0.05, 0) is 46.7 Å². The Morgan fingerprint density at radius 2 is 1.40 bits per heavy atom. The van der Waals surface area contributed by atoms with Crippen LogP contribution >= 0.6 is 9.24 Å². The van der Waals surface area contributed by atoms with Crippen LogP contribution in [0.5, 0.6) is 0 Å². The molecule has 1 aromatic carbocycles. The molecule has 1 rings (SSSR count). The summed E-state index contributed by atoms with van der Waals surface area (Å²) < 4.78 is 0. The first kappa shape index (κ1) is 32.1. The highest BCUT2D eigenvalue weighted by atomic mass is 31.0. The van der Waals surface area contributed by atoms with E-state index in [1.165, 1.54) is 22.3 Å². The third kappa shape index (κ3) is 11.6. The summed E-state index contributed by atoms with van der Waals surface area (Å²) in [6.45, 7) is 31.3. The van der Waals surface area contributed by atoms with E-state index in [2.05, 4.69) is 62.6 Å². The molecular formula is C24H49P. The first-order valence-electron chi connectivity index (χ1n) is 10.4. The Labute approximate surface area is 164 Å². The lowest BCUT2D eigenvalue weighted by atomic mass is 9.81. The van der Waals surface area contributed by atoms with E-state index >= 15 is 0 Å². The zero-order chi connectivity index (χ0) is 21.2. The van der Waals surface area contributed by atoms with E-state index in [9.17, 15) is 0 Å². The summed E-state index contributed by atoms with van der Waals surface area (Å²) in [6, 6.07) is 4.41. The molecule has 0 aliphatic rings. The topological polar surface area (TPSA) is 0 Å². The molecule has 0 aromatic heterocycles. The molecule has 0 radical (unpaired) electrons. The maximum Gasteiger partial charge on any atom is -0.00990 e. The number of benzene rings is 1. The van der Waals surface area contributed by atoms with Crippen LogP contribution < -0.4 is 0 Å². The number of rotatable bonds is 4. The van der Waals surface area contributed by atoms with Gasteiger partial charge in [0, 0.05) is 0 Å². The van der Waals surface area contributed by atoms with Crippen molar-refractivity contribution in [2.24, 2.45) is 0 Å². The molecule has 0 saturated heterocycles. The van der Waals surface area contributed by atoms with Gasteiger partial charge in [-0.2, -0.15) is 0 Å². The fraction of sp³-hybridized carbons (Fsp3) is 0.667. The zero-order valence-corrected chi connectivity index (χ0v) is 21.0. The lowest BCUT2D eigenvalue weighted by Gasteiger charge is -2.31. The van der Waals surface area contributed by atoms with Gasteiger partial charge in [0.05, 0.1) is 0 Å². The van der Waals surface area contributed by atoms with Crippen molar-refractivity contribution < 1.29 is 0 Å². The highest BCUT2D eigenvalue weighted by molar-refractivity contribution is 7.18. The minimum atomic E-state index is 0.217. The van der Waals surface area contributed by atoms with Gasteiger partial charge in [0.1, 0.15) is 0 Å². The molecule has 0 spiro atoms. The predicted molar refractivity (Wildman–Crippen MR) is 128 cm³/mol. The van der Waals surface area contributed by atoms with E-state index in [1.807, 2.05) is 61.5 Å². The number of hydrogen-bond acceptors (Lipinski definition) is 0. The quantitative estimate of drug-likeness (QED) is 0.465. The van der Waals surface area contributed by atoms with Gasteiger partial charge in [0.2, 0.25) is 0 Å². The summed E-state index contributed by atoms with van der Waals surface area (Å²) in [5.41, 5.74) is 5.65. The molecule has 0 aliphatic carbocycles. The molecular weight excluding hydrogens is 319 g/mol. The maximum absolute atomic E-state index is 3.93. The maximum atomic E-state index is 3.93. The van der Waals surface area contributed by atoms with Crippen LogP contribution in [0.25, 0.3) is 6.08 Å². The fourth-order valence-corrected chi connectivity index (χ4v) is 2.53. The molecule has 0 fully saturated rings. The van der Waals surface area contributed by atoms with Crippen molar-refractivity contribution in [3.63, 3.8) is 0 Å². The van der Waals surface area contributed by atoms with Gasteiger partial charge >= 0.3 is 0 Å². The van der Waals surface area contributed by atoms with Crippen molar-refractivity contribution in [3.05, 3.63) is 41.0 Å². The van der Waals surface area contributed by atoms with Crippen molar-refractivity contribution in [2.45, 2.75) is 108 Å². The average Bonchev–Trinajstić information content (AvgIpc) is 2.66. The molecule has 150 valence electrons. The van der Waals surface area contributed by atoms with E-state index < -0.39 is 0 Å². The predicted octanol–water partition coefficient (Wildman–Crippen LogP) is 9.06. The molecule has 0 bridgehead atoms. The number of hydrogen-bond donors (Lipinski definition) is 0. The molecule has 2 atom stereocenters. The molecule has 0 aliphatic heterocycles. The fourth-order valence-electron chi connectivity index (χ4n) is 2.36. The SMILES string of the molecule is C=Cc1ccc(C)c(C(C)C(C)(C)P)c1CC.CC.CC.CC.CC. The Morgan fingerprint density at radius 3 is 1.68 bits per heavy atom. The van der Waals surface area contributed by atoms with Crippen LogP contribution in [0.2, 0.25) is 0 Å². The minimum Gasteiger partial charge on any atom is -0.131 e. The number of aryl methyl sites for hydroxylation is 1. The highest BCUT2D eigenvalue weighted by Gasteiger charge is 2.25. The van der Waals surface area contributed by atoms with Crippen LogP contribution in [0, 0.1) is 6.92 Å². The van der Waals surface area contributed by atoms with Gasteiger partial charge in [-0.3, -0.25) is 0 Å². The Bertz CT molecular complexity index is 411. The summed E-state index contributed by atoms with van der Waals surface area (Å²) in [5.74, 6) is 0.530. The molecule has 0 heterocycles. The van der Waals surface area contributed by atoms with Crippen molar-refractivity contribution in [2.75, 3.05) is 0 Å². The molecule has 1 heteroatoms. The second-order valence-corrected chi connectivity index (χ2v) is 6.95. The average molecular weight is 369 g/mol. The highest BCUT2D eigenvalue weighted by Crippen LogP contribution is 2.39. The van der Waals surface area contributed by atoms with E-state index in [-0.39, 0.29) is 5.16 Å². The van der Waals surface area contributed by atoms with E-state index in [1.54, 1.807) is 0 Å². The Morgan fingerprint density at radius 1 is 1.00 bits per heavy atom. The zero-order valence-electron chi connectivity index (χ0n) is 19.8. The third-order valence-corrected chi connectivity index (χ3v) is 4.23. The van der Waals surface area contributed by atoms with Gasteiger partial charge < -0.3 is 0 Å². The van der Waals surface area contributed by atoms with Crippen molar-refractivity contribution in [1.82, 2.24) is 0 Å². The first-order valence-corrected chi connectivity index (χ1v) is 10.9. The Balaban J connectivity index is -0.000000241. The van der Waals surface area contributed by atoms with E-state index in [4.69, 9.17) is 0 Å². The van der Waals surface area contributed by atoms with Crippen molar-refractivity contribution in [1.29, 1.82) is 0 Å². The van der Waals surface area contributed by atoms with Gasteiger partial charge in [-0.1, -0.05) is 108 Å². The van der Waals surface area contributed by atoms with Crippen LogP contribution in [0.1, 0.15) is 111 Å². The lowest BCUT2D eigenvalue weighted by Crippen LogP contribution is -2.21. The van der Waals surface area contributed by atoms with Gasteiger partial charge in [-0.15, -0.1) is 9.24 Å². The van der Waals surface area contributed by atoms with E-state index in [0.29, 0.717) is 5.92 Å². The second kappa shape index (κ2) is 19.7. The molecule has 25 heavy (non-hydrogen) atoms. The molecule has 0 nitrogen and oxygen atoms in total. The summed E-state index contributed by atoms with van der Waals surface area (Å²) in [5, 5.41) is 0.217. The van der Waals surface area contributed by atoms with Gasteiger partial charge in [0.25, 0.3) is 0 Å². The Hall–Kier alpha value is -0.610. The van der Waals surface area contributed by atoms with Gasteiger partial charge in [-0.25, -0.2) is 0 Å². The molecule has 0 amide bonds. The second-order valence-electron chi connectivity index (χ2n) is 5.46.